The van der Waals surface area contributed by atoms with E-state index in [9.17, 15) is 29.4 Å². The number of carbonyl (C=O) groups excluding carboxylic acids is 4. The molecule has 10 saturated carbocycles. The van der Waals surface area contributed by atoms with Gasteiger partial charge >= 0.3 is 11.9 Å². The number of ether oxygens (including phenoxy) is 2. The molecule has 0 radical (unpaired) electrons. The van der Waals surface area contributed by atoms with E-state index in [4.69, 9.17) is 9.47 Å². The summed E-state index contributed by atoms with van der Waals surface area (Å²) < 4.78 is 10.1. The molecule has 10 unspecified atom stereocenters. The first-order valence-electron chi connectivity index (χ1n) is 31.1. The Morgan fingerprint density at radius 2 is 0.789 bits per heavy atom. The zero-order valence-corrected chi connectivity index (χ0v) is 49.7. The number of esters is 2. The molecule has 0 aromatic rings. The lowest BCUT2D eigenvalue weighted by molar-refractivity contribution is -0.215. The van der Waals surface area contributed by atoms with Gasteiger partial charge in [0, 0.05) is 23.0 Å². The lowest BCUT2D eigenvalue weighted by Crippen LogP contribution is -2.63. The Kier molecular flexibility index (Phi) is 15.7. The van der Waals surface area contributed by atoms with E-state index in [-0.39, 0.29) is 67.1 Å². The maximum atomic E-state index is 13.9. The van der Waals surface area contributed by atoms with Crippen LogP contribution in [0.25, 0.3) is 0 Å². The first-order valence-corrected chi connectivity index (χ1v) is 31.1. The second-order valence-electron chi connectivity index (χ2n) is 30.1. The van der Waals surface area contributed by atoms with Gasteiger partial charge in [-0.05, 0) is 272 Å². The molecule has 0 amide bonds. The highest BCUT2D eigenvalue weighted by molar-refractivity contribution is 6.00. The predicted octanol–water partition coefficient (Wildman–Crippen LogP) is 14.6. The predicted molar refractivity (Wildman–Crippen MR) is 302 cm³/mol. The van der Waals surface area contributed by atoms with Crippen LogP contribution < -0.4 is 0 Å². The molecule has 8 heteroatoms. The topological polar surface area (TPSA) is 127 Å². The van der Waals surface area contributed by atoms with Crippen molar-refractivity contribution in [2.24, 2.45) is 114 Å². The zero-order valence-electron chi connectivity index (χ0n) is 49.7. The largest absolute Gasteiger partial charge is 0.463 e. The number of fused-ring (bicyclic) bond motifs is 14. The molecule has 0 heterocycles. The second-order valence-corrected chi connectivity index (χ2v) is 30.1. The monoisotopic (exact) mass is 1050 g/mol. The third-order valence-corrected chi connectivity index (χ3v) is 26.7. The molecular weight excluding hydrogens is 945 g/mol. The van der Waals surface area contributed by atoms with Gasteiger partial charge in [-0.25, -0.2) is 9.59 Å². The summed E-state index contributed by atoms with van der Waals surface area (Å²) in [6.45, 7) is 37.0. The number of ketones is 2. The fourth-order valence-electron chi connectivity index (χ4n) is 23.4. The minimum atomic E-state index is -0.421. The van der Waals surface area contributed by atoms with E-state index in [0.29, 0.717) is 84.2 Å². The van der Waals surface area contributed by atoms with Crippen molar-refractivity contribution >= 4 is 23.5 Å². The Morgan fingerprint density at radius 3 is 1.13 bits per heavy atom. The average molecular weight is 1050 g/mol. The third-order valence-electron chi connectivity index (χ3n) is 26.7. The van der Waals surface area contributed by atoms with Crippen molar-refractivity contribution in [1.29, 1.82) is 0 Å². The molecule has 76 heavy (non-hydrogen) atoms. The molecule has 0 bridgehead atoms. The Bertz CT molecular complexity index is 2180. The molecule has 0 aliphatic heterocycles. The molecule has 2 N–H and O–H groups in total. The molecular formula is C68H104O8. The highest BCUT2D eigenvalue weighted by Gasteiger charge is 2.70. The summed E-state index contributed by atoms with van der Waals surface area (Å²) in [6, 6.07) is 0. The van der Waals surface area contributed by atoms with E-state index >= 15 is 0 Å². The SMILES string of the molecule is C=C(C)[C@@H]1CC[C@]2(C(=O)/C=C/C(=O)OCC)CCC3C(CCC4[C@@]3(C)CCC3C(C)(C)[C@@H](O)CC[C@@]34C)C12.C=C(C)[C@@H]1CC[C@]2(C(=O)/C=C/C(=O)OCC)CCC3C(CCC4[C@@]3(C)CCC3C(C)(C)[C@H](O)CC[C@@]34C)C12. The van der Waals surface area contributed by atoms with Crippen molar-refractivity contribution in [3.8, 4) is 0 Å². The summed E-state index contributed by atoms with van der Waals surface area (Å²) in [6.07, 6.45) is 27.3. The fourth-order valence-corrected chi connectivity index (χ4v) is 23.4. The van der Waals surface area contributed by atoms with Gasteiger partial charge in [0.2, 0.25) is 0 Å². The first kappa shape index (κ1) is 57.8. The van der Waals surface area contributed by atoms with Crippen LogP contribution in [0.4, 0.5) is 0 Å². The Labute approximate surface area is 460 Å². The number of carbonyl (C=O) groups is 4. The fraction of sp³-hybridized carbons (Fsp3) is 0.824. The average Bonchev–Trinajstić information content (AvgIpc) is 4.11. The van der Waals surface area contributed by atoms with Crippen LogP contribution in [0, 0.1) is 114 Å². The van der Waals surface area contributed by atoms with Crippen LogP contribution in [0.5, 0.6) is 0 Å². The Hall–Kier alpha value is -2.84. The van der Waals surface area contributed by atoms with Crippen LogP contribution >= 0.6 is 0 Å². The highest BCUT2D eigenvalue weighted by atomic mass is 16.5. The molecule has 8 nitrogen and oxygen atoms in total. The minimum absolute atomic E-state index is 0.0267. The van der Waals surface area contributed by atoms with Crippen molar-refractivity contribution in [2.75, 3.05) is 13.2 Å². The van der Waals surface area contributed by atoms with E-state index in [1.807, 2.05) is 0 Å². The zero-order chi connectivity index (χ0) is 55.3. The summed E-state index contributed by atoms with van der Waals surface area (Å²) >= 11 is 0. The van der Waals surface area contributed by atoms with Crippen LogP contribution in [-0.2, 0) is 28.7 Å². The summed E-state index contributed by atoms with van der Waals surface area (Å²) in [5.41, 5.74) is 2.78. The van der Waals surface area contributed by atoms with Crippen LogP contribution in [0.2, 0.25) is 0 Å². The van der Waals surface area contributed by atoms with Crippen molar-refractivity contribution in [1.82, 2.24) is 0 Å². The minimum Gasteiger partial charge on any atom is -0.463 e. The molecule has 10 rings (SSSR count). The van der Waals surface area contributed by atoms with Gasteiger partial charge in [-0.1, -0.05) is 79.7 Å². The van der Waals surface area contributed by atoms with E-state index in [1.54, 1.807) is 26.0 Å². The van der Waals surface area contributed by atoms with Gasteiger partial charge in [0.05, 0.1) is 25.4 Å². The number of hydrogen-bond donors (Lipinski definition) is 2. The first-order chi connectivity index (χ1) is 35.7. The Balaban J connectivity index is 0.000000186. The normalized spacial score (nSPS) is 47.4. The maximum absolute atomic E-state index is 13.9. The maximum Gasteiger partial charge on any atom is 0.330 e. The molecule has 10 aliphatic rings. The quantitative estimate of drug-likeness (QED) is 0.126. The van der Waals surface area contributed by atoms with E-state index < -0.39 is 11.9 Å². The van der Waals surface area contributed by atoms with E-state index in [2.05, 4.69) is 82.4 Å². The summed E-state index contributed by atoms with van der Waals surface area (Å²) in [5, 5.41) is 21.9. The van der Waals surface area contributed by atoms with Crippen molar-refractivity contribution in [3.63, 3.8) is 0 Å². The Morgan fingerprint density at radius 1 is 0.447 bits per heavy atom. The number of rotatable bonds is 10. The van der Waals surface area contributed by atoms with Gasteiger partial charge in [0.15, 0.2) is 11.6 Å². The van der Waals surface area contributed by atoms with Crippen LogP contribution in [0.15, 0.2) is 48.6 Å². The number of hydrogen-bond acceptors (Lipinski definition) is 8. The lowest BCUT2D eigenvalue weighted by atomic mass is 9.36. The smallest absolute Gasteiger partial charge is 0.330 e. The number of allylic oxidation sites excluding steroid dienone is 4. The van der Waals surface area contributed by atoms with Crippen molar-refractivity contribution in [2.45, 2.75) is 224 Å². The highest BCUT2D eigenvalue weighted by Crippen LogP contribution is 2.76. The molecule has 424 valence electrons. The number of aliphatic hydroxyl groups excluding tert-OH is 2. The molecule has 10 fully saturated rings. The molecule has 20 atom stereocenters. The molecule has 0 aromatic carbocycles. The van der Waals surface area contributed by atoms with Crippen LogP contribution in [-0.4, -0.2) is 59.1 Å². The summed E-state index contributed by atoms with van der Waals surface area (Å²) in [4.78, 5) is 51.9. The van der Waals surface area contributed by atoms with E-state index in [0.717, 1.165) is 77.0 Å². The molecule has 0 aromatic heterocycles. The van der Waals surface area contributed by atoms with Gasteiger partial charge in [-0.3, -0.25) is 9.59 Å². The van der Waals surface area contributed by atoms with Gasteiger partial charge in [0.1, 0.15) is 0 Å². The summed E-state index contributed by atoms with van der Waals surface area (Å²) in [5.74, 6) is 5.71. The molecule has 0 saturated heterocycles. The van der Waals surface area contributed by atoms with Gasteiger partial charge in [-0.2, -0.15) is 0 Å². The van der Waals surface area contributed by atoms with Crippen LogP contribution in [0.3, 0.4) is 0 Å². The van der Waals surface area contributed by atoms with Gasteiger partial charge < -0.3 is 19.7 Å². The van der Waals surface area contributed by atoms with E-state index in [1.165, 1.54) is 74.7 Å². The standard InChI is InChI=1S/2C34H52O4/c2*1-8-38-29(37)12-11-28(36)34-19-13-22(21(2)3)30(34)23-9-10-26-32(6,24(23)14-20-34)17-15-25-31(4,5)27(35)16-18-33(25,26)7/h2*11-12,22-27,30,35H,2,8-10,13-20H2,1,3-7H3/b2*12-11+/t22-,23?,24?,25?,26?,27+,30?,32-,33-,34+;22-,23?,24?,25?,26?,27-,30?,32-,33-,34+/m00/s1. The second kappa shape index (κ2) is 20.6. The van der Waals surface area contributed by atoms with Crippen molar-refractivity contribution in [3.05, 3.63) is 48.6 Å². The lowest BCUT2D eigenvalue weighted by Gasteiger charge is -2.69. The molecule has 0 spiro atoms. The molecule has 10 aliphatic carbocycles. The van der Waals surface area contributed by atoms with Gasteiger partial charge in [-0.15, -0.1) is 0 Å². The summed E-state index contributed by atoms with van der Waals surface area (Å²) in [7, 11) is 0. The number of aliphatic hydroxyl groups is 2. The van der Waals surface area contributed by atoms with Crippen molar-refractivity contribution < 1.29 is 38.9 Å². The third kappa shape index (κ3) is 8.83. The van der Waals surface area contributed by atoms with Crippen LogP contribution in [0.1, 0.15) is 212 Å². The van der Waals surface area contributed by atoms with Gasteiger partial charge in [0.25, 0.3) is 0 Å².